The maximum absolute atomic E-state index is 15.3. The number of aliphatic carboxylic acids is 1. The van der Waals surface area contributed by atoms with Gasteiger partial charge in [0.1, 0.15) is 72.2 Å². The van der Waals surface area contributed by atoms with Crippen LogP contribution in [0.5, 0.6) is 5.75 Å². The van der Waals surface area contributed by atoms with Crippen molar-refractivity contribution < 1.29 is 87.9 Å². The summed E-state index contributed by atoms with van der Waals surface area (Å²) in [6, 6.07) is 10.7. The van der Waals surface area contributed by atoms with Gasteiger partial charge in [-0.25, -0.2) is 4.79 Å². The van der Waals surface area contributed by atoms with Gasteiger partial charge in [-0.1, -0.05) is 104 Å². The molecule has 12 amide bonds. The second-order valence-corrected chi connectivity index (χ2v) is 26.2. The fourth-order valence-corrected chi connectivity index (χ4v) is 11.9. The van der Waals surface area contributed by atoms with Crippen molar-refractivity contribution >= 4 is 87.8 Å². The Morgan fingerprint density at radius 3 is 1.35 bits per heavy atom. The number of aromatic hydroxyl groups is 1. The molecule has 5 aromatic rings. The number of aromatic nitrogens is 1. The quantitative estimate of drug-likeness (QED) is 0.0316. The number of aromatic amines is 1. The molecule has 1 aromatic heterocycles. The first-order chi connectivity index (χ1) is 50.7. The normalized spacial score (nSPS) is 23.9. The number of unbranched alkanes of at least 4 members (excludes halogenated alkanes) is 2. The molecule has 574 valence electrons. The van der Waals surface area contributed by atoms with Crippen LogP contribution in [0.3, 0.4) is 0 Å². The summed E-state index contributed by atoms with van der Waals surface area (Å²) in [4.78, 5) is 188. The minimum Gasteiger partial charge on any atom is -0.508 e. The lowest BCUT2D eigenvalue weighted by Crippen LogP contribution is -2.63. The lowest BCUT2D eigenvalue weighted by Gasteiger charge is -2.29. The highest BCUT2D eigenvalue weighted by Crippen LogP contribution is 2.21. The predicted octanol–water partition coefficient (Wildman–Crippen LogP) is -2.59. The van der Waals surface area contributed by atoms with Crippen LogP contribution in [0, 0.1) is 0 Å². The number of hydrogen-bond donors (Lipinski definition) is 20. The van der Waals surface area contributed by atoms with E-state index in [0.29, 0.717) is 52.4 Å². The number of carbonyl (C=O) groups is 13. The second kappa shape index (κ2) is 42.8. The zero-order chi connectivity index (χ0) is 77.4. The second-order valence-electron chi connectivity index (χ2n) is 26.2. The van der Waals surface area contributed by atoms with Crippen molar-refractivity contribution in [1.82, 2.24) is 63.5 Å². The summed E-state index contributed by atoms with van der Waals surface area (Å²) >= 11 is 0. The number of primary amides is 1. The Labute approximate surface area is 612 Å². The van der Waals surface area contributed by atoms with Gasteiger partial charge in [0.2, 0.25) is 70.9 Å². The topological polar surface area (TPSA) is 549 Å². The molecule has 0 radical (unpaired) electrons. The highest BCUT2D eigenvalue weighted by atomic mass is 16.4. The number of phenols is 1. The van der Waals surface area contributed by atoms with Gasteiger partial charge < -0.3 is 106 Å². The van der Waals surface area contributed by atoms with Crippen molar-refractivity contribution in [3.63, 3.8) is 0 Å². The molecule has 0 aliphatic carbocycles. The minimum absolute atomic E-state index is 0.00519. The molecule has 33 nitrogen and oxygen atoms in total. The number of H-pyrrole nitrogens is 1. The third-order valence-electron chi connectivity index (χ3n) is 17.7. The molecule has 6 rings (SSSR count). The highest BCUT2D eigenvalue weighted by Gasteiger charge is 2.39. The Bertz CT molecular complexity index is 3790. The molecule has 23 N–H and O–H groups in total. The maximum atomic E-state index is 15.3. The van der Waals surface area contributed by atoms with E-state index in [2.05, 4.69) is 63.5 Å². The molecule has 0 saturated carbocycles. The summed E-state index contributed by atoms with van der Waals surface area (Å²) in [6.45, 7) is 1.45. The zero-order valence-corrected chi connectivity index (χ0v) is 59.2. The average Bonchev–Trinajstić information content (AvgIpc) is 1.30. The van der Waals surface area contributed by atoms with Crippen molar-refractivity contribution in [3.05, 3.63) is 138 Å². The SMILES string of the molecule is C[C@@H](O)[C@H]1NC(=O)C(Cc2ccc(O)cc2)NC(=O)[C@@H]([C@@H](C)O)NC(=O)[C@H](CCCCN)NC(=O)C(Cc2c[nH]c3ccccc23)NC(=O)[C@H](Cc2ccccc2)NC(=O)C(Cc2ccccc2)NC(=O)[C@@H](CC(N)=O)NC(=O)[C@H](CCCCN)NC(=O)CCCCC[C@@H](C(=O)O)NC(=O)C(CO)NC1=O. The van der Waals surface area contributed by atoms with Crippen LogP contribution in [0.25, 0.3) is 10.9 Å². The van der Waals surface area contributed by atoms with Crippen LogP contribution in [-0.4, -0.2) is 206 Å². The molecule has 1 aliphatic heterocycles. The first kappa shape index (κ1) is 84.1. The Balaban J connectivity index is 1.43. The maximum Gasteiger partial charge on any atom is 0.326 e. The van der Waals surface area contributed by atoms with Crippen LogP contribution in [0.15, 0.2) is 115 Å². The Morgan fingerprint density at radius 1 is 0.453 bits per heavy atom. The van der Waals surface area contributed by atoms with Crippen molar-refractivity contribution in [1.29, 1.82) is 0 Å². The number of carboxylic acids is 1. The van der Waals surface area contributed by atoms with Crippen LogP contribution in [0.4, 0.5) is 0 Å². The molecule has 4 unspecified atom stereocenters. The Hall–Kier alpha value is -10.9. The third-order valence-corrected chi connectivity index (χ3v) is 17.7. The first-order valence-corrected chi connectivity index (χ1v) is 35.3. The van der Waals surface area contributed by atoms with E-state index in [0.717, 1.165) is 13.8 Å². The molecule has 0 bridgehead atoms. The molecule has 33 heteroatoms. The number of hydrogen-bond acceptors (Lipinski definition) is 19. The summed E-state index contributed by atoms with van der Waals surface area (Å²) < 4.78 is 0. The summed E-state index contributed by atoms with van der Waals surface area (Å²) in [5.41, 5.74) is 19.8. The first-order valence-electron chi connectivity index (χ1n) is 35.3. The van der Waals surface area contributed by atoms with Gasteiger partial charge in [0, 0.05) is 49.2 Å². The standard InChI is InChI=1S/C73H99N15O18/c1-41(90)61-71(103)85-55(36-45-28-30-47(92)31-29-45)69(101)88-62(42(2)91)72(104)86-58(40-89)70(102)80-52(73(105)106)26-10-5-11-27-60(94)78-50(24-14-16-32-74)63(95)84-57(38-59(76)93)68(100)82-53(34-43-18-6-3-7-19-43)65(97)81-54(35-44-20-8-4-9-21-44)66(98)83-56(37-46-39-77-49-23-13-12-22-48(46)49)67(99)79-51(64(96)87-61)25-15-17-33-75/h3-4,6-9,12-13,18-23,28-31,39,41-42,50-58,61-62,77,89-92H,5,10-11,14-17,24-27,32-38,40,74-75H2,1-2H3,(H2,76,93)(H,78,94)(H,79,99)(H,80,102)(H,81,97)(H,82,100)(H,83,98)(H,84,95)(H,85,103)(H,86,104)(H,87,96)(H,88,101)(H,105,106)/t41-,42-,50+,51+,52+,53?,54+,55?,56?,57-,58?,61-,62-/m1/s1. The van der Waals surface area contributed by atoms with Gasteiger partial charge in [-0.3, -0.25) is 57.5 Å². The summed E-state index contributed by atoms with van der Waals surface area (Å²) in [5, 5.41) is 81.2. The lowest BCUT2D eigenvalue weighted by atomic mass is 10.00. The average molecular weight is 1470 g/mol. The molecule has 13 atom stereocenters. The molecule has 4 aromatic carbocycles. The molecule has 1 aliphatic rings. The lowest BCUT2D eigenvalue weighted by molar-refractivity contribution is -0.143. The fourth-order valence-electron chi connectivity index (χ4n) is 11.9. The van der Waals surface area contributed by atoms with Crippen LogP contribution < -0.4 is 75.7 Å². The summed E-state index contributed by atoms with van der Waals surface area (Å²) in [7, 11) is 0. The van der Waals surface area contributed by atoms with Crippen molar-refractivity contribution in [2.75, 3.05) is 19.7 Å². The number of phenolic OH excluding ortho intramolecular Hbond substituents is 1. The van der Waals surface area contributed by atoms with Gasteiger partial charge >= 0.3 is 5.97 Å². The number of carbonyl (C=O) groups excluding carboxylic acids is 12. The number of rotatable bonds is 22. The van der Waals surface area contributed by atoms with Gasteiger partial charge in [-0.05, 0) is 119 Å². The van der Waals surface area contributed by atoms with Gasteiger partial charge in [-0.15, -0.1) is 0 Å². The van der Waals surface area contributed by atoms with Gasteiger partial charge in [0.15, 0.2) is 0 Å². The van der Waals surface area contributed by atoms with Crippen molar-refractivity contribution in [2.45, 2.75) is 195 Å². The number of fused-ring (bicyclic) bond motifs is 1. The summed E-state index contributed by atoms with van der Waals surface area (Å²) in [5.74, 6) is -14.1. The molecule has 1 saturated heterocycles. The predicted molar refractivity (Wildman–Crippen MR) is 386 cm³/mol. The zero-order valence-electron chi connectivity index (χ0n) is 59.2. The highest BCUT2D eigenvalue weighted by molar-refractivity contribution is 6.00. The molecular formula is C73H99N15O18. The number of benzene rings is 4. The third kappa shape index (κ3) is 27.0. The van der Waals surface area contributed by atoms with E-state index in [4.69, 9.17) is 17.2 Å². The molecular weight excluding hydrogens is 1370 g/mol. The fraction of sp³-hybridized carbons (Fsp3) is 0.466. The van der Waals surface area contributed by atoms with Crippen LogP contribution in [0.1, 0.15) is 113 Å². The Morgan fingerprint density at radius 2 is 0.858 bits per heavy atom. The van der Waals surface area contributed by atoms with Crippen LogP contribution in [-0.2, 0) is 88.0 Å². The molecule has 1 fully saturated rings. The van der Waals surface area contributed by atoms with Crippen LogP contribution in [0.2, 0.25) is 0 Å². The van der Waals surface area contributed by atoms with E-state index >= 15 is 14.4 Å². The van der Waals surface area contributed by atoms with Crippen molar-refractivity contribution in [3.8, 4) is 5.75 Å². The number of aliphatic hydroxyl groups is 3. The Kier molecular flexibility index (Phi) is 33.9. The van der Waals surface area contributed by atoms with E-state index in [1.807, 2.05) is 0 Å². The van der Waals surface area contributed by atoms with E-state index in [1.165, 1.54) is 24.3 Å². The minimum atomic E-state index is -1.96. The number of para-hydroxylation sites is 1. The molecule has 0 spiro atoms. The number of nitrogens with two attached hydrogens (primary N) is 3. The molecule has 2 heterocycles. The largest absolute Gasteiger partial charge is 0.508 e. The van der Waals surface area contributed by atoms with E-state index < -0.39 is 175 Å². The number of aliphatic hydroxyl groups excluding tert-OH is 3. The van der Waals surface area contributed by atoms with Gasteiger partial charge in [0.05, 0.1) is 25.2 Å². The van der Waals surface area contributed by atoms with E-state index in [9.17, 15) is 73.5 Å². The smallest absolute Gasteiger partial charge is 0.326 e. The number of nitrogens with one attached hydrogen (secondary N) is 12. The summed E-state index contributed by atoms with van der Waals surface area (Å²) in [6.07, 6.45) is -2.84. The number of amides is 12. The van der Waals surface area contributed by atoms with Crippen LogP contribution >= 0.6 is 0 Å². The number of carboxylic acid groups (broad SMARTS) is 1. The van der Waals surface area contributed by atoms with Crippen molar-refractivity contribution in [2.24, 2.45) is 17.2 Å². The monoisotopic (exact) mass is 1470 g/mol. The van der Waals surface area contributed by atoms with E-state index in [1.54, 1.807) is 91.1 Å². The van der Waals surface area contributed by atoms with Gasteiger partial charge in [0.25, 0.3) is 0 Å². The van der Waals surface area contributed by atoms with Gasteiger partial charge in [-0.2, -0.15) is 0 Å². The molecule has 106 heavy (non-hydrogen) atoms. The van der Waals surface area contributed by atoms with E-state index in [-0.39, 0.29) is 89.5 Å².